The predicted molar refractivity (Wildman–Crippen MR) is 57.0 cm³/mol. The van der Waals surface area contributed by atoms with E-state index in [9.17, 15) is 13.2 Å². The molecule has 0 aliphatic rings. The van der Waals surface area contributed by atoms with Crippen LogP contribution < -0.4 is 0 Å². The molecular weight excluding hydrogens is 235 g/mol. The van der Waals surface area contributed by atoms with Gasteiger partial charge in [-0.2, -0.15) is 18.4 Å². The van der Waals surface area contributed by atoms with Crippen molar-refractivity contribution in [1.29, 1.82) is 5.26 Å². The molecule has 0 aliphatic heterocycles. The van der Waals surface area contributed by atoms with Crippen molar-refractivity contribution in [2.45, 2.75) is 30.2 Å². The van der Waals surface area contributed by atoms with Crippen molar-refractivity contribution in [2.24, 2.45) is 0 Å². The zero-order valence-electron chi connectivity index (χ0n) is 8.64. The lowest BCUT2D eigenvalue weighted by molar-refractivity contribution is -0.0328. The van der Waals surface area contributed by atoms with Gasteiger partial charge in [0.1, 0.15) is 0 Å². The van der Waals surface area contributed by atoms with Crippen LogP contribution in [0.5, 0.6) is 0 Å². The topological polar surface area (TPSA) is 23.8 Å². The van der Waals surface area contributed by atoms with Gasteiger partial charge in [-0.3, -0.25) is 0 Å². The summed E-state index contributed by atoms with van der Waals surface area (Å²) in [4.78, 5) is 0.197. The normalized spacial score (nSPS) is 11.2. The highest BCUT2D eigenvalue weighted by Crippen LogP contribution is 2.39. The van der Waals surface area contributed by atoms with Gasteiger partial charge in [0.25, 0.3) is 0 Å². The van der Waals surface area contributed by atoms with Crippen LogP contribution in [0, 0.1) is 18.3 Å². The van der Waals surface area contributed by atoms with E-state index in [0.717, 1.165) is 5.56 Å². The minimum Gasteiger partial charge on any atom is -0.198 e. The Morgan fingerprint density at radius 2 is 2.06 bits per heavy atom. The maximum Gasteiger partial charge on any atom is 0.446 e. The highest BCUT2D eigenvalue weighted by atomic mass is 32.2. The molecule has 0 N–H and O–H groups in total. The van der Waals surface area contributed by atoms with E-state index in [0.29, 0.717) is 12.0 Å². The van der Waals surface area contributed by atoms with Crippen molar-refractivity contribution in [2.75, 3.05) is 0 Å². The zero-order chi connectivity index (χ0) is 12.2. The molecule has 16 heavy (non-hydrogen) atoms. The van der Waals surface area contributed by atoms with Crippen LogP contribution in [0.25, 0.3) is 0 Å². The first kappa shape index (κ1) is 12.9. The highest BCUT2D eigenvalue weighted by Gasteiger charge is 2.30. The van der Waals surface area contributed by atoms with Crippen LogP contribution in [0.3, 0.4) is 0 Å². The van der Waals surface area contributed by atoms with Crippen molar-refractivity contribution >= 4 is 11.8 Å². The molecule has 0 fully saturated rings. The maximum atomic E-state index is 12.3. The van der Waals surface area contributed by atoms with E-state index in [1.165, 1.54) is 6.07 Å². The minimum absolute atomic E-state index is 0.117. The number of nitriles is 1. The molecule has 0 aromatic heterocycles. The molecule has 0 aliphatic carbocycles. The first-order chi connectivity index (χ1) is 7.44. The molecule has 0 bridgehead atoms. The molecule has 0 saturated carbocycles. The van der Waals surface area contributed by atoms with Crippen LogP contribution >= 0.6 is 11.8 Å². The second-order valence-electron chi connectivity index (χ2n) is 3.26. The van der Waals surface area contributed by atoms with E-state index in [1.807, 2.05) is 6.07 Å². The molecule has 0 unspecified atom stereocenters. The van der Waals surface area contributed by atoms with Crippen molar-refractivity contribution < 1.29 is 13.2 Å². The standard InChI is InChI=1S/C11H10F3NS/c1-8-4-2-6-10(16-11(12,13)14)9(8)5-3-7-15/h2,4,6H,3,5H2,1H3. The van der Waals surface area contributed by atoms with Crippen LogP contribution in [0.2, 0.25) is 0 Å². The first-order valence-corrected chi connectivity index (χ1v) is 5.47. The summed E-state index contributed by atoms with van der Waals surface area (Å²) in [5.41, 5.74) is -2.87. The van der Waals surface area contributed by atoms with E-state index in [1.54, 1.807) is 19.1 Å². The summed E-state index contributed by atoms with van der Waals surface area (Å²) in [6.45, 7) is 1.76. The lowest BCUT2D eigenvalue weighted by Gasteiger charge is -2.12. The lowest BCUT2D eigenvalue weighted by Crippen LogP contribution is -2.02. The number of aryl methyl sites for hydroxylation is 1. The quantitative estimate of drug-likeness (QED) is 0.750. The second kappa shape index (κ2) is 5.26. The Hall–Kier alpha value is -1.15. The molecule has 1 nitrogen and oxygen atoms in total. The molecule has 86 valence electrons. The zero-order valence-corrected chi connectivity index (χ0v) is 9.45. The molecule has 1 aromatic carbocycles. The SMILES string of the molecule is Cc1cccc(SC(F)(F)F)c1CCC#N. The molecule has 5 heteroatoms. The Kier molecular flexibility index (Phi) is 4.25. The summed E-state index contributed by atoms with van der Waals surface area (Å²) < 4.78 is 36.8. The summed E-state index contributed by atoms with van der Waals surface area (Å²) in [7, 11) is 0. The van der Waals surface area contributed by atoms with Crippen molar-refractivity contribution in [3.8, 4) is 6.07 Å². The Labute approximate surface area is 96.3 Å². The van der Waals surface area contributed by atoms with Crippen LogP contribution in [-0.2, 0) is 6.42 Å². The summed E-state index contributed by atoms with van der Waals surface area (Å²) in [5, 5.41) is 8.46. The lowest BCUT2D eigenvalue weighted by atomic mass is 10.0. The van der Waals surface area contributed by atoms with Gasteiger partial charge in [0.15, 0.2) is 0 Å². The second-order valence-corrected chi connectivity index (χ2v) is 4.36. The molecule has 0 spiro atoms. The molecular formula is C11H10F3NS. The molecule has 0 amide bonds. The highest BCUT2D eigenvalue weighted by molar-refractivity contribution is 8.00. The Morgan fingerprint density at radius 3 is 2.62 bits per heavy atom. The number of halogens is 3. The van der Waals surface area contributed by atoms with Gasteiger partial charge < -0.3 is 0 Å². The molecule has 1 aromatic rings. The molecule has 0 radical (unpaired) electrons. The van der Waals surface area contributed by atoms with E-state index >= 15 is 0 Å². The third kappa shape index (κ3) is 3.78. The van der Waals surface area contributed by atoms with Crippen molar-refractivity contribution in [1.82, 2.24) is 0 Å². The third-order valence-corrected chi connectivity index (χ3v) is 2.91. The third-order valence-electron chi connectivity index (χ3n) is 2.08. The summed E-state index contributed by atoms with van der Waals surface area (Å²) in [5.74, 6) is 0. The molecule has 0 saturated heterocycles. The van der Waals surface area contributed by atoms with Gasteiger partial charge >= 0.3 is 5.51 Å². The van der Waals surface area contributed by atoms with E-state index in [-0.39, 0.29) is 23.1 Å². The smallest absolute Gasteiger partial charge is 0.198 e. The Bertz CT molecular complexity index is 407. The first-order valence-electron chi connectivity index (χ1n) is 4.65. The molecule has 0 atom stereocenters. The van der Waals surface area contributed by atoms with Gasteiger partial charge in [-0.25, -0.2) is 0 Å². The molecule has 1 rings (SSSR count). The fourth-order valence-electron chi connectivity index (χ4n) is 1.40. The number of nitrogens with zero attached hydrogens (tertiary/aromatic N) is 1. The fourth-order valence-corrected chi connectivity index (χ4v) is 2.18. The monoisotopic (exact) mass is 245 g/mol. The largest absolute Gasteiger partial charge is 0.446 e. The summed E-state index contributed by atoms with van der Waals surface area (Å²) in [6, 6.07) is 6.74. The van der Waals surface area contributed by atoms with Gasteiger partial charge in [0.2, 0.25) is 0 Å². The van der Waals surface area contributed by atoms with Gasteiger partial charge in [-0.05, 0) is 42.3 Å². The summed E-state index contributed by atoms with van der Waals surface area (Å²) in [6.07, 6.45) is 0.595. The van der Waals surface area contributed by atoms with Gasteiger partial charge in [0.05, 0.1) is 6.07 Å². The van der Waals surface area contributed by atoms with E-state index < -0.39 is 5.51 Å². The van der Waals surface area contributed by atoms with Crippen LogP contribution in [-0.4, -0.2) is 5.51 Å². The van der Waals surface area contributed by atoms with Crippen LogP contribution in [0.15, 0.2) is 23.1 Å². The van der Waals surface area contributed by atoms with Crippen LogP contribution in [0.1, 0.15) is 17.5 Å². The predicted octanol–water partition coefficient (Wildman–Crippen LogP) is 4.06. The average molecular weight is 245 g/mol. The van der Waals surface area contributed by atoms with Crippen molar-refractivity contribution in [3.05, 3.63) is 29.3 Å². The Balaban J connectivity index is 2.99. The fraction of sp³-hybridized carbons (Fsp3) is 0.364. The minimum atomic E-state index is -4.28. The summed E-state index contributed by atoms with van der Waals surface area (Å²) >= 11 is -0.117. The Morgan fingerprint density at radius 1 is 1.38 bits per heavy atom. The van der Waals surface area contributed by atoms with E-state index in [2.05, 4.69) is 0 Å². The van der Waals surface area contributed by atoms with Gasteiger partial charge in [-0.15, -0.1) is 0 Å². The van der Waals surface area contributed by atoms with E-state index in [4.69, 9.17) is 5.26 Å². The number of hydrogen-bond acceptors (Lipinski definition) is 2. The number of benzene rings is 1. The maximum absolute atomic E-state index is 12.3. The van der Waals surface area contributed by atoms with Gasteiger partial charge in [0, 0.05) is 11.3 Å². The number of hydrogen-bond donors (Lipinski definition) is 0. The van der Waals surface area contributed by atoms with Gasteiger partial charge in [-0.1, -0.05) is 12.1 Å². The number of thioether (sulfide) groups is 1. The van der Waals surface area contributed by atoms with Crippen LogP contribution in [0.4, 0.5) is 13.2 Å². The number of alkyl halides is 3. The average Bonchev–Trinajstić information content (AvgIpc) is 2.14. The van der Waals surface area contributed by atoms with Crippen molar-refractivity contribution in [3.63, 3.8) is 0 Å². The molecule has 0 heterocycles. The number of rotatable bonds is 3.